The Morgan fingerprint density at radius 1 is 1.57 bits per heavy atom. The molecule has 0 N–H and O–H groups in total. The summed E-state index contributed by atoms with van der Waals surface area (Å²) in [6.45, 7) is 6.89. The third-order valence-corrected chi connectivity index (χ3v) is 3.07. The van der Waals surface area contributed by atoms with Gasteiger partial charge >= 0.3 is 0 Å². The molecular formula is C10H17BrN2O. The zero-order valence-electron chi connectivity index (χ0n) is 8.96. The van der Waals surface area contributed by atoms with Gasteiger partial charge in [-0.05, 0) is 20.3 Å². The fourth-order valence-corrected chi connectivity index (χ4v) is 1.41. The predicted octanol–water partition coefficient (Wildman–Crippen LogP) is 2.17. The quantitative estimate of drug-likeness (QED) is 0.712. The molecule has 0 saturated heterocycles. The second kappa shape index (κ2) is 6.83. The summed E-state index contributed by atoms with van der Waals surface area (Å²) in [5, 5.41) is 8.66. The van der Waals surface area contributed by atoms with Crippen molar-refractivity contribution in [2.24, 2.45) is 5.92 Å². The van der Waals surface area contributed by atoms with E-state index >= 15 is 0 Å². The first-order chi connectivity index (χ1) is 6.56. The average molecular weight is 261 g/mol. The molecule has 0 rings (SSSR count). The SMILES string of the molecule is CCC(Br)C(=O)N(CC)CC(C)C#N. The summed E-state index contributed by atoms with van der Waals surface area (Å²) in [5.74, 6) is -0.0208. The van der Waals surface area contributed by atoms with Crippen molar-refractivity contribution < 1.29 is 4.79 Å². The number of rotatable bonds is 5. The zero-order chi connectivity index (χ0) is 11.1. The van der Waals surface area contributed by atoms with E-state index in [9.17, 15) is 4.79 Å². The van der Waals surface area contributed by atoms with Crippen LogP contribution in [0.1, 0.15) is 27.2 Å². The molecule has 0 saturated carbocycles. The number of alkyl halides is 1. The van der Waals surface area contributed by atoms with Gasteiger partial charge in [-0.3, -0.25) is 4.79 Å². The minimum absolute atomic E-state index is 0.0806. The summed E-state index contributed by atoms with van der Waals surface area (Å²) in [6, 6.07) is 2.13. The lowest BCUT2D eigenvalue weighted by molar-refractivity contribution is -0.130. The molecule has 0 aliphatic carbocycles. The van der Waals surface area contributed by atoms with Crippen LogP contribution >= 0.6 is 15.9 Å². The normalized spacial score (nSPS) is 14.2. The molecule has 0 heterocycles. The maximum absolute atomic E-state index is 11.7. The number of carbonyl (C=O) groups excluding carboxylic acids is 1. The molecule has 0 aromatic heterocycles. The Balaban J connectivity index is 4.27. The van der Waals surface area contributed by atoms with Crippen LogP contribution in [-0.2, 0) is 4.79 Å². The Labute approximate surface area is 94.2 Å². The third kappa shape index (κ3) is 4.10. The van der Waals surface area contributed by atoms with Gasteiger partial charge in [0.15, 0.2) is 0 Å². The maximum atomic E-state index is 11.7. The van der Waals surface area contributed by atoms with Gasteiger partial charge in [0.2, 0.25) is 5.91 Å². The first-order valence-corrected chi connectivity index (χ1v) is 5.80. The van der Waals surface area contributed by atoms with Crippen LogP contribution in [0.4, 0.5) is 0 Å². The number of hydrogen-bond donors (Lipinski definition) is 0. The van der Waals surface area contributed by atoms with E-state index in [1.807, 2.05) is 20.8 Å². The highest BCUT2D eigenvalue weighted by Crippen LogP contribution is 2.10. The molecule has 0 aromatic carbocycles. The summed E-state index contributed by atoms with van der Waals surface area (Å²) < 4.78 is 0. The molecule has 3 nitrogen and oxygen atoms in total. The molecule has 0 fully saturated rings. The monoisotopic (exact) mass is 260 g/mol. The number of hydrogen-bond acceptors (Lipinski definition) is 2. The van der Waals surface area contributed by atoms with Crippen molar-refractivity contribution in [1.29, 1.82) is 5.26 Å². The Kier molecular flexibility index (Phi) is 6.56. The second-order valence-electron chi connectivity index (χ2n) is 3.28. The van der Waals surface area contributed by atoms with Crippen molar-refractivity contribution in [2.45, 2.75) is 32.0 Å². The molecule has 0 radical (unpaired) electrons. The van der Waals surface area contributed by atoms with Gasteiger partial charge in [-0.1, -0.05) is 22.9 Å². The van der Waals surface area contributed by atoms with Crippen molar-refractivity contribution in [3.63, 3.8) is 0 Å². The molecule has 2 unspecified atom stereocenters. The molecule has 4 heteroatoms. The van der Waals surface area contributed by atoms with Gasteiger partial charge in [0, 0.05) is 13.1 Å². The van der Waals surface area contributed by atoms with Gasteiger partial charge in [0.1, 0.15) is 0 Å². The number of carbonyl (C=O) groups is 1. The number of halogens is 1. The first-order valence-electron chi connectivity index (χ1n) is 4.89. The van der Waals surface area contributed by atoms with Crippen molar-refractivity contribution in [1.82, 2.24) is 4.90 Å². The minimum Gasteiger partial charge on any atom is -0.341 e. The highest BCUT2D eigenvalue weighted by Gasteiger charge is 2.20. The Hall–Kier alpha value is -0.560. The van der Waals surface area contributed by atoms with E-state index in [0.29, 0.717) is 13.1 Å². The van der Waals surface area contributed by atoms with E-state index in [0.717, 1.165) is 6.42 Å². The summed E-state index contributed by atoms with van der Waals surface area (Å²) >= 11 is 3.32. The lowest BCUT2D eigenvalue weighted by atomic mass is 10.2. The van der Waals surface area contributed by atoms with E-state index in [1.165, 1.54) is 0 Å². The fourth-order valence-electron chi connectivity index (χ4n) is 1.12. The number of nitriles is 1. The van der Waals surface area contributed by atoms with Gasteiger partial charge < -0.3 is 4.90 Å². The van der Waals surface area contributed by atoms with Crippen molar-refractivity contribution in [3.05, 3.63) is 0 Å². The van der Waals surface area contributed by atoms with Crippen LogP contribution in [0, 0.1) is 17.2 Å². The van der Waals surface area contributed by atoms with Gasteiger partial charge in [-0.15, -0.1) is 0 Å². The van der Waals surface area contributed by atoms with Crippen LogP contribution in [0.25, 0.3) is 0 Å². The summed E-state index contributed by atoms with van der Waals surface area (Å²) in [7, 11) is 0. The summed E-state index contributed by atoms with van der Waals surface area (Å²) in [4.78, 5) is 13.3. The molecule has 0 aromatic rings. The molecular weight excluding hydrogens is 244 g/mol. The number of amides is 1. The van der Waals surface area contributed by atoms with Crippen LogP contribution in [0.2, 0.25) is 0 Å². The van der Waals surface area contributed by atoms with Crippen molar-refractivity contribution in [3.8, 4) is 6.07 Å². The Bertz CT molecular complexity index is 225. The second-order valence-corrected chi connectivity index (χ2v) is 4.39. The molecule has 0 bridgehead atoms. The molecule has 2 atom stereocenters. The van der Waals surface area contributed by atoms with Crippen molar-refractivity contribution in [2.75, 3.05) is 13.1 Å². The largest absolute Gasteiger partial charge is 0.341 e. The summed E-state index contributed by atoms with van der Waals surface area (Å²) in [5.41, 5.74) is 0. The smallest absolute Gasteiger partial charge is 0.236 e. The average Bonchev–Trinajstić information content (AvgIpc) is 2.23. The van der Waals surface area contributed by atoms with Crippen LogP contribution in [0.5, 0.6) is 0 Å². The van der Waals surface area contributed by atoms with Gasteiger partial charge in [-0.25, -0.2) is 0 Å². The molecule has 0 aliphatic heterocycles. The topological polar surface area (TPSA) is 44.1 Å². The Morgan fingerprint density at radius 3 is 2.50 bits per heavy atom. The van der Waals surface area contributed by atoms with Crippen LogP contribution in [-0.4, -0.2) is 28.7 Å². The van der Waals surface area contributed by atoms with Crippen LogP contribution in [0.3, 0.4) is 0 Å². The van der Waals surface area contributed by atoms with Crippen LogP contribution in [0.15, 0.2) is 0 Å². The number of nitrogens with zero attached hydrogens (tertiary/aromatic N) is 2. The highest BCUT2D eigenvalue weighted by molar-refractivity contribution is 9.10. The Morgan fingerprint density at radius 2 is 2.14 bits per heavy atom. The molecule has 0 spiro atoms. The third-order valence-electron chi connectivity index (χ3n) is 2.03. The summed E-state index contributed by atoms with van der Waals surface area (Å²) in [6.07, 6.45) is 0.774. The van der Waals surface area contributed by atoms with Crippen LogP contribution < -0.4 is 0 Å². The zero-order valence-corrected chi connectivity index (χ0v) is 10.5. The molecule has 80 valence electrons. The van der Waals surface area contributed by atoms with E-state index in [2.05, 4.69) is 22.0 Å². The minimum atomic E-state index is -0.117. The van der Waals surface area contributed by atoms with E-state index < -0.39 is 0 Å². The fraction of sp³-hybridized carbons (Fsp3) is 0.800. The lowest BCUT2D eigenvalue weighted by Gasteiger charge is -2.24. The van der Waals surface area contributed by atoms with E-state index in [4.69, 9.17) is 5.26 Å². The molecule has 1 amide bonds. The molecule has 0 aliphatic rings. The van der Waals surface area contributed by atoms with E-state index in [1.54, 1.807) is 4.90 Å². The van der Waals surface area contributed by atoms with Gasteiger partial charge in [-0.2, -0.15) is 5.26 Å². The standard InChI is InChI=1S/C10H17BrN2O/c1-4-9(11)10(14)13(5-2)7-8(3)6-12/h8-9H,4-5,7H2,1-3H3. The van der Waals surface area contributed by atoms with Crippen molar-refractivity contribution >= 4 is 21.8 Å². The molecule has 14 heavy (non-hydrogen) atoms. The van der Waals surface area contributed by atoms with Gasteiger partial charge in [0.25, 0.3) is 0 Å². The van der Waals surface area contributed by atoms with E-state index in [-0.39, 0.29) is 16.7 Å². The lowest BCUT2D eigenvalue weighted by Crippen LogP contribution is -2.38. The van der Waals surface area contributed by atoms with Gasteiger partial charge in [0.05, 0.1) is 16.8 Å². The predicted molar refractivity (Wildman–Crippen MR) is 60.0 cm³/mol. The highest BCUT2D eigenvalue weighted by atomic mass is 79.9. The maximum Gasteiger partial charge on any atom is 0.236 e. The first kappa shape index (κ1) is 13.4.